The molecular formula is C22H20F3N5O5. The van der Waals surface area contributed by atoms with Crippen LogP contribution < -0.4 is 20.9 Å². The van der Waals surface area contributed by atoms with Gasteiger partial charge in [-0.2, -0.15) is 18.3 Å². The van der Waals surface area contributed by atoms with Crippen LogP contribution in [0.1, 0.15) is 16.1 Å². The number of nitro benzene ring substituents is 1. The van der Waals surface area contributed by atoms with Crippen molar-refractivity contribution in [2.45, 2.75) is 12.7 Å². The Kier molecular flexibility index (Phi) is 8.02. The molecule has 3 aromatic rings. The number of carbonyl (C=O) groups excluding carboxylic acids is 1. The van der Waals surface area contributed by atoms with E-state index in [1.807, 2.05) is 6.07 Å². The van der Waals surface area contributed by atoms with Crippen molar-refractivity contribution in [1.82, 2.24) is 15.1 Å². The number of carbonyl (C=O) groups is 1. The number of nitrogens with zero attached hydrogens (tertiary/aromatic N) is 3. The van der Waals surface area contributed by atoms with Crippen molar-refractivity contribution >= 4 is 17.3 Å². The highest BCUT2D eigenvalue weighted by Gasteiger charge is 2.33. The quantitative estimate of drug-likeness (QED) is 0.253. The van der Waals surface area contributed by atoms with Crippen molar-refractivity contribution in [3.05, 3.63) is 92.4 Å². The third-order valence-electron chi connectivity index (χ3n) is 4.66. The van der Waals surface area contributed by atoms with Crippen LogP contribution in [0.15, 0.2) is 65.5 Å². The fraction of sp³-hybridized carbons (Fsp3) is 0.227. The van der Waals surface area contributed by atoms with Crippen molar-refractivity contribution < 1.29 is 27.6 Å². The molecule has 13 heteroatoms. The van der Waals surface area contributed by atoms with Crippen molar-refractivity contribution in [3.63, 3.8) is 0 Å². The van der Waals surface area contributed by atoms with Gasteiger partial charge in [-0.1, -0.05) is 18.2 Å². The maximum Gasteiger partial charge on any atom is 0.416 e. The number of halogens is 3. The third-order valence-corrected chi connectivity index (χ3v) is 4.66. The van der Waals surface area contributed by atoms with E-state index in [0.29, 0.717) is 11.8 Å². The molecule has 0 saturated carbocycles. The lowest BCUT2D eigenvalue weighted by atomic mass is 10.1. The van der Waals surface area contributed by atoms with E-state index >= 15 is 0 Å². The topological polar surface area (TPSA) is 128 Å². The number of nitro groups is 1. The Hall–Kier alpha value is -4.42. The molecule has 1 aromatic heterocycles. The number of amides is 1. The Morgan fingerprint density at radius 2 is 1.83 bits per heavy atom. The second-order valence-corrected chi connectivity index (χ2v) is 7.11. The van der Waals surface area contributed by atoms with Crippen molar-refractivity contribution in [1.29, 1.82) is 0 Å². The Bertz CT molecular complexity index is 1250. The van der Waals surface area contributed by atoms with E-state index in [2.05, 4.69) is 15.7 Å². The average molecular weight is 491 g/mol. The number of benzene rings is 2. The van der Waals surface area contributed by atoms with E-state index in [4.69, 9.17) is 4.74 Å². The molecule has 0 aliphatic carbocycles. The number of rotatable bonds is 10. The number of anilines is 1. The van der Waals surface area contributed by atoms with Crippen LogP contribution in [0.5, 0.6) is 5.75 Å². The molecule has 0 radical (unpaired) electrons. The first-order valence-corrected chi connectivity index (χ1v) is 10.3. The van der Waals surface area contributed by atoms with E-state index < -0.39 is 33.8 Å². The van der Waals surface area contributed by atoms with E-state index in [-0.39, 0.29) is 37.6 Å². The number of hydrogen-bond donors (Lipinski definition) is 2. The number of hydrogen-bond acceptors (Lipinski definition) is 7. The minimum atomic E-state index is -4.71. The van der Waals surface area contributed by atoms with Crippen molar-refractivity contribution in [2.75, 3.05) is 25.0 Å². The van der Waals surface area contributed by atoms with Gasteiger partial charge in [-0.05, 0) is 30.3 Å². The molecule has 0 spiro atoms. The summed E-state index contributed by atoms with van der Waals surface area (Å²) in [5, 5.41) is 20.3. The van der Waals surface area contributed by atoms with Crippen LogP contribution in [0, 0.1) is 10.1 Å². The molecule has 1 amide bonds. The zero-order valence-electron chi connectivity index (χ0n) is 18.1. The molecule has 0 bridgehead atoms. The maximum atomic E-state index is 12.8. The molecule has 0 atom stereocenters. The molecule has 35 heavy (non-hydrogen) atoms. The predicted molar refractivity (Wildman–Crippen MR) is 119 cm³/mol. The zero-order valence-corrected chi connectivity index (χ0v) is 18.1. The second-order valence-electron chi connectivity index (χ2n) is 7.11. The van der Waals surface area contributed by atoms with Gasteiger partial charge in [0.2, 0.25) is 0 Å². The van der Waals surface area contributed by atoms with Gasteiger partial charge >= 0.3 is 6.18 Å². The first-order valence-electron chi connectivity index (χ1n) is 10.3. The number of alkyl halides is 3. The van der Waals surface area contributed by atoms with Crippen molar-refractivity contribution in [3.8, 4) is 5.75 Å². The van der Waals surface area contributed by atoms with E-state index in [1.165, 1.54) is 12.1 Å². The van der Waals surface area contributed by atoms with Gasteiger partial charge in [0, 0.05) is 25.2 Å². The highest BCUT2D eigenvalue weighted by Crippen LogP contribution is 2.34. The number of aromatic nitrogens is 2. The lowest BCUT2D eigenvalue weighted by Crippen LogP contribution is -2.33. The summed E-state index contributed by atoms with van der Waals surface area (Å²) in [5.41, 5.74) is -2.46. The Labute approximate surface area is 196 Å². The van der Waals surface area contributed by atoms with E-state index in [9.17, 15) is 32.9 Å². The highest BCUT2D eigenvalue weighted by molar-refractivity contribution is 5.92. The monoisotopic (exact) mass is 491 g/mol. The molecule has 2 N–H and O–H groups in total. The van der Waals surface area contributed by atoms with E-state index in [0.717, 1.165) is 16.8 Å². The molecule has 0 fully saturated rings. The molecule has 0 aliphatic rings. The lowest BCUT2D eigenvalue weighted by Gasteiger charge is -2.11. The van der Waals surface area contributed by atoms with Crippen LogP contribution in [0.25, 0.3) is 0 Å². The standard InChI is InChI=1S/C22H20F3N5O5/c23-22(24,25)15-6-7-17(19(14-15)30(33)34)26-10-11-27-21(32)18-8-9-20(31)29(28-18)12-13-35-16-4-2-1-3-5-16/h1-9,14,26H,10-13H2,(H,27,32). The first-order chi connectivity index (χ1) is 16.6. The summed E-state index contributed by atoms with van der Waals surface area (Å²) in [4.78, 5) is 34.6. The van der Waals surface area contributed by atoms with Crippen LogP contribution in [0.4, 0.5) is 24.5 Å². The summed E-state index contributed by atoms with van der Waals surface area (Å²) in [6, 6.07) is 13.5. The van der Waals surface area contributed by atoms with Gasteiger partial charge in [-0.15, -0.1) is 0 Å². The van der Waals surface area contributed by atoms with Gasteiger partial charge in [0.05, 0.1) is 17.0 Å². The fourth-order valence-electron chi connectivity index (χ4n) is 2.97. The summed E-state index contributed by atoms with van der Waals surface area (Å²) >= 11 is 0. The number of nitrogens with one attached hydrogen (secondary N) is 2. The molecule has 1 heterocycles. The predicted octanol–water partition coefficient (Wildman–Crippen LogP) is 3.09. The van der Waals surface area contributed by atoms with Gasteiger partial charge in [-0.25, -0.2) is 4.68 Å². The molecule has 3 rings (SSSR count). The lowest BCUT2D eigenvalue weighted by molar-refractivity contribution is -0.384. The highest BCUT2D eigenvalue weighted by atomic mass is 19.4. The molecule has 2 aromatic carbocycles. The Morgan fingerprint density at radius 1 is 1.09 bits per heavy atom. The fourth-order valence-corrected chi connectivity index (χ4v) is 2.97. The normalized spacial score (nSPS) is 11.1. The van der Waals surface area contributed by atoms with Crippen LogP contribution in [0.2, 0.25) is 0 Å². The van der Waals surface area contributed by atoms with Crippen LogP contribution in [0.3, 0.4) is 0 Å². The smallest absolute Gasteiger partial charge is 0.416 e. The van der Waals surface area contributed by atoms with Gasteiger partial charge in [0.25, 0.3) is 17.2 Å². The molecular weight excluding hydrogens is 471 g/mol. The van der Waals surface area contributed by atoms with Crippen LogP contribution in [-0.2, 0) is 12.7 Å². The third kappa shape index (κ3) is 7.03. The van der Waals surface area contributed by atoms with Gasteiger partial charge in [0.15, 0.2) is 0 Å². The Morgan fingerprint density at radius 3 is 2.51 bits per heavy atom. The average Bonchev–Trinajstić information content (AvgIpc) is 2.82. The zero-order chi connectivity index (χ0) is 25.4. The first kappa shape index (κ1) is 25.2. The summed E-state index contributed by atoms with van der Waals surface area (Å²) in [6.45, 7) is 0.225. The van der Waals surface area contributed by atoms with Gasteiger partial charge in [-0.3, -0.25) is 19.7 Å². The van der Waals surface area contributed by atoms with Crippen LogP contribution in [-0.4, -0.2) is 40.3 Å². The number of ether oxygens (including phenoxy) is 1. The molecule has 0 saturated heterocycles. The molecule has 184 valence electrons. The Balaban J connectivity index is 1.54. The molecule has 10 nitrogen and oxygen atoms in total. The summed E-state index contributed by atoms with van der Waals surface area (Å²) in [5.74, 6) is 0.0154. The summed E-state index contributed by atoms with van der Waals surface area (Å²) < 4.78 is 45.0. The van der Waals surface area contributed by atoms with Crippen LogP contribution >= 0.6 is 0 Å². The van der Waals surface area contributed by atoms with E-state index in [1.54, 1.807) is 24.3 Å². The largest absolute Gasteiger partial charge is 0.492 e. The van der Waals surface area contributed by atoms with Gasteiger partial charge < -0.3 is 15.4 Å². The summed E-state index contributed by atoms with van der Waals surface area (Å²) in [7, 11) is 0. The SMILES string of the molecule is O=C(NCCNc1ccc(C(F)(F)F)cc1[N+](=O)[O-])c1ccc(=O)n(CCOc2ccccc2)n1. The maximum absolute atomic E-state index is 12.8. The minimum absolute atomic E-state index is 0.0114. The second kappa shape index (κ2) is 11.1. The summed E-state index contributed by atoms with van der Waals surface area (Å²) in [6.07, 6.45) is -4.71. The molecule has 0 unspecified atom stereocenters. The number of para-hydroxylation sites is 1. The van der Waals surface area contributed by atoms with Gasteiger partial charge in [0.1, 0.15) is 23.7 Å². The molecule has 0 aliphatic heterocycles. The minimum Gasteiger partial charge on any atom is -0.492 e. The van der Waals surface area contributed by atoms with Crippen molar-refractivity contribution in [2.24, 2.45) is 0 Å².